The lowest BCUT2D eigenvalue weighted by atomic mass is 10.0. The van der Waals surface area contributed by atoms with Gasteiger partial charge in [0.25, 0.3) is 0 Å². The van der Waals surface area contributed by atoms with Crippen LogP contribution in [-0.4, -0.2) is 31.1 Å². The van der Waals surface area contributed by atoms with E-state index < -0.39 is 0 Å². The molecule has 2 rings (SSSR count). The summed E-state index contributed by atoms with van der Waals surface area (Å²) in [5.74, 6) is 0.667. The lowest BCUT2D eigenvalue weighted by molar-refractivity contribution is 0.182. The molecule has 2 unspecified atom stereocenters. The minimum absolute atomic E-state index is 0.567. The molecule has 0 radical (unpaired) electrons. The van der Waals surface area contributed by atoms with Crippen molar-refractivity contribution < 1.29 is 0 Å². The molecule has 1 aromatic rings. The fourth-order valence-corrected chi connectivity index (χ4v) is 3.95. The Hall–Kier alpha value is -0.380. The van der Waals surface area contributed by atoms with E-state index in [9.17, 15) is 0 Å². The summed E-state index contributed by atoms with van der Waals surface area (Å²) in [5.41, 5.74) is 0. The van der Waals surface area contributed by atoms with Crippen LogP contribution in [0.1, 0.15) is 37.6 Å². The van der Waals surface area contributed by atoms with Crippen molar-refractivity contribution in [3.63, 3.8) is 0 Å². The van der Waals surface area contributed by atoms with Crippen LogP contribution in [-0.2, 0) is 0 Å². The van der Waals surface area contributed by atoms with E-state index in [-0.39, 0.29) is 0 Å². The summed E-state index contributed by atoms with van der Waals surface area (Å²) in [6.07, 6.45) is 2.67. The molecule has 1 N–H and O–H groups in total. The van der Waals surface area contributed by atoms with Crippen molar-refractivity contribution in [2.24, 2.45) is 5.92 Å². The molecule has 96 valence electrons. The first-order chi connectivity index (χ1) is 8.18. The number of thiophene rings is 1. The Kier molecular flexibility index (Phi) is 4.60. The van der Waals surface area contributed by atoms with E-state index in [1.807, 2.05) is 11.3 Å². The lowest BCUT2D eigenvalue weighted by Gasteiger charge is -2.32. The molecule has 1 fully saturated rings. The van der Waals surface area contributed by atoms with Gasteiger partial charge in [-0.15, -0.1) is 11.3 Å². The molecular formula is C14H24N2S. The predicted molar refractivity (Wildman–Crippen MR) is 75.6 cm³/mol. The van der Waals surface area contributed by atoms with Crippen LogP contribution in [0.25, 0.3) is 0 Å². The smallest absolute Gasteiger partial charge is 0.0462 e. The van der Waals surface area contributed by atoms with Crippen molar-refractivity contribution in [2.75, 3.05) is 20.1 Å². The Morgan fingerprint density at radius 3 is 2.88 bits per heavy atom. The predicted octanol–water partition coefficient (Wildman–Crippen LogP) is 3.13. The van der Waals surface area contributed by atoms with Gasteiger partial charge >= 0.3 is 0 Å². The number of hydrogen-bond donors (Lipinski definition) is 1. The molecule has 2 heterocycles. The highest BCUT2D eigenvalue weighted by Crippen LogP contribution is 2.31. The normalized spacial score (nSPS) is 22.5. The average molecular weight is 252 g/mol. The maximum absolute atomic E-state index is 3.59. The highest BCUT2D eigenvalue weighted by molar-refractivity contribution is 7.10. The number of hydrogen-bond acceptors (Lipinski definition) is 3. The molecule has 0 amide bonds. The van der Waals surface area contributed by atoms with Crippen molar-refractivity contribution in [1.82, 2.24) is 10.2 Å². The largest absolute Gasteiger partial charge is 0.313 e. The second-order valence-electron chi connectivity index (χ2n) is 5.44. The van der Waals surface area contributed by atoms with Gasteiger partial charge in [-0.1, -0.05) is 19.9 Å². The van der Waals surface area contributed by atoms with Gasteiger partial charge < -0.3 is 5.32 Å². The summed E-state index contributed by atoms with van der Waals surface area (Å²) in [4.78, 5) is 4.03. The van der Waals surface area contributed by atoms with Crippen LogP contribution >= 0.6 is 11.3 Å². The van der Waals surface area contributed by atoms with Crippen LogP contribution in [0.2, 0.25) is 0 Å². The van der Waals surface area contributed by atoms with Gasteiger partial charge in [-0.2, -0.15) is 0 Å². The number of nitrogens with zero attached hydrogens (tertiary/aromatic N) is 1. The number of likely N-dealkylation sites (N-methyl/N-ethyl adjacent to an activating group) is 1. The highest BCUT2D eigenvalue weighted by Gasteiger charge is 2.25. The molecule has 1 aliphatic rings. The average Bonchev–Trinajstić information content (AvgIpc) is 2.89. The van der Waals surface area contributed by atoms with Gasteiger partial charge in [-0.25, -0.2) is 0 Å². The van der Waals surface area contributed by atoms with Crippen molar-refractivity contribution in [1.29, 1.82) is 0 Å². The second-order valence-corrected chi connectivity index (χ2v) is 6.42. The Bertz CT molecular complexity index is 315. The van der Waals surface area contributed by atoms with Crippen LogP contribution < -0.4 is 5.32 Å². The molecule has 3 heteroatoms. The molecule has 0 spiro atoms. The Labute approximate surface area is 109 Å². The molecule has 0 aliphatic carbocycles. The van der Waals surface area contributed by atoms with Crippen LogP contribution in [0.15, 0.2) is 17.5 Å². The Morgan fingerprint density at radius 1 is 1.53 bits per heavy atom. The van der Waals surface area contributed by atoms with Crippen molar-refractivity contribution in [2.45, 2.75) is 38.8 Å². The topological polar surface area (TPSA) is 15.3 Å². The second kappa shape index (κ2) is 5.98. The Morgan fingerprint density at radius 2 is 2.35 bits per heavy atom. The standard InChI is InChI=1S/C14H24N2S/c1-11(2)14(13-7-5-9-17-13)16(3)10-12-6-4-8-15-12/h5,7,9,11-12,14-15H,4,6,8,10H2,1-3H3. The van der Waals surface area contributed by atoms with Crippen LogP contribution in [0.3, 0.4) is 0 Å². The molecule has 0 aromatic carbocycles. The van der Waals surface area contributed by atoms with E-state index >= 15 is 0 Å². The molecule has 1 aliphatic heterocycles. The fourth-order valence-electron chi connectivity index (χ4n) is 2.89. The first-order valence-electron chi connectivity index (χ1n) is 6.65. The summed E-state index contributed by atoms with van der Waals surface area (Å²) in [5, 5.41) is 5.78. The third-order valence-corrected chi connectivity index (χ3v) is 4.55. The zero-order valence-electron chi connectivity index (χ0n) is 11.1. The molecule has 17 heavy (non-hydrogen) atoms. The highest BCUT2D eigenvalue weighted by atomic mass is 32.1. The fraction of sp³-hybridized carbons (Fsp3) is 0.714. The minimum atomic E-state index is 0.567. The molecular weight excluding hydrogens is 228 g/mol. The maximum Gasteiger partial charge on any atom is 0.0462 e. The van der Waals surface area contributed by atoms with E-state index in [0.717, 1.165) is 0 Å². The van der Waals surface area contributed by atoms with Gasteiger partial charge in [-0.3, -0.25) is 4.90 Å². The van der Waals surface area contributed by atoms with Crippen LogP contribution in [0.4, 0.5) is 0 Å². The van der Waals surface area contributed by atoms with Gasteiger partial charge in [-0.05, 0) is 43.8 Å². The Balaban J connectivity index is 2.00. The summed E-state index contributed by atoms with van der Waals surface area (Å²) < 4.78 is 0. The van der Waals surface area contributed by atoms with Gasteiger partial charge in [0.1, 0.15) is 0 Å². The molecule has 0 bridgehead atoms. The molecule has 1 saturated heterocycles. The zero-order valence-corrected chi connectivity index (χ0v) is 12.0. The van der Waals surface area contributed by atoms with Gasteiger partial charge in [0.2, 0.25) is 0 Å². The van der Waals surface area contributed by atoms with Crippen LogP contribution in [0, 0.1) is 5.92 Å². The maximum atomic E-state index is 3.59. The van der Waals surface area contributed by atoms with E-state index in [1.54, 1.807) is 0 Å². The lowest BCUT2D eigenvalue weighted by Crippen LogP contribution is -2.38. The van der Waals surface area contributed by atoms with E-state index in [4.69, 9.17) is 0 Å². The van der Waals surface area contributed by atoms with Crippen LogP contribution in [0.5, 0.6) is 0 Å². The molecule has 1 aromatic heterocycles. The van der Waals surface area contributed by atoms with Crippen molar-refractivity contribution in [3.05, 3.63) is 22.4 Å². The molecule has 2 atom stereocenters. The first-order valence-corrected chi connectivity index (χ1v) is 7.53. The SMILES string of the molecule is CC(C)C(c1cccs1)N(C)CC1CCCN1. The van der Waals surface area contributed by atoms with Gasteiger partial charge in [0, 0.05) is 23.5 Å². The van der Waals surface area contributed by atoms with Crippen molar-refractivity contribution in [3.8, 4) is 0 Å². The van der Waals surface area contributed by atoms with Crippen molar-refractivity contribution >= 4 is 11.3 Å². The quantitative estimate of drug-likeness (QED) is 0.866. The molecule has 0 saturated carbocycles. The summed E-state index contributed by atoms with van der Waals surface area (Å²) in [7, 11) is 2.27. The third kappa shape index (κ3) is 3.30. The van der Waals surface area contributed by atoms with E-state index in [2.05, 4.69) is 48.6 Å². The van der Waals surface area contributed by atoms with E-state index in [0.29, 0.717) is 18.0 Å². The number of nitrogens with one attached hydrogen (secondary N) is 1. The van der Waals surface area contributed by atoms with Gasteiger partial charge in [0.15, 0.2) is 0 Å². The summed E-state index contributed by atoms with van der Waals surface area (Å²) in [6.45, 7) is 7.01. The number of rotatable bonds is 5. The summed E-state index contributed by atoms with van der Waals surface area (Å²) >= 11 is 1.88. The first kappa shape index (κ1) is 13.1. The third-order valence-electron chi connectivity index (χ3n) is 3.61. The minimum Gasteiger partial charge on any atom is -0.313 e. The summed E-state index contributed by atoms with van der Waals surface area (Å²) in [6, 6.07) is 5.70. The van der Waals surface area contributed by atoms with Gasteiger partial charge in [0.05, 0.1) is 0 Å². The van der Waals surface area contributed by atoms with E-state index in [1.165, 1.54) is 30.8 Å². The monoisotopic (exact) mass is 252 g/mol. The molecule has 2 nitrogen and oxygen atoms in total. The zero-order chi connectivity index (χ0) is 12.3.